The van der Waals surface area contributed by atoms with E-state index in [2.05, 4.69) is 16.7 Å². The van der Waals surface area contributed by atoms with Gasteiger partial charge in [-0.2, -0.15) is 0 Å². The molecule has 0 saturated heterocycles. The third-order valence-electron chi connectivity index (χ3n) is 5.07. The number of hydrogen-bond acceptors (Lipinski definition) is 4. The highest BCUT2D eigenvalue weighted by Crippen LogP contribution is 2.21. The fourth-order valence-corrected chi connectivity index (χ4v) is 3.32. The van der Waals surface area contributed by atoms with Crippen LogP contribution >= 0.6 is 0 Å². The Kier molecular flexibility index (Phi) is 7.45. The van der Waals surface area contributed by atoms with E-state index in [0.29, 0.717) is 6.54 Å². The zero-order chi connectivity index (χ0) is 19.1. The van der Waals surface area contributed by atoms with E-state index in [4.69, 9.17) is 4.74 Å². The van der Waals surface area contributed by atoms with Gasteiger partial charge in [-0.25, -0.2) is 4.79 Å². The highest BCUT2D eigenvalue weighted by atomic mass is 16.5. The minimum Gasteiger partial charge on any atom is -0.496 e. The maximum atomic E-state index is 12.4. The SMILES string of the molecule is COc1ccc(C)cc1CN(C)[C@H](C)C(=O)NC(=O)NC1CCCCC1. The van der Waals surface area contributed by atoms with Gasteiger partial charge in [-0.3, -0.25) is 15.0 Å². The first-order chi connectivity index (χ1) is 12.4. The van der Waals surface area contributed by atoms with Crippen LogP contribution in [0.25, 0.3) is 0 Å². The lowest BCUT2D eigenvalue weighted by Gasteiger charge is -2.26. The second kappa shape index (κ2) is 9.57. The molecule has 0 aliphatic heterocycles. The van der Waals surface area contributed by atoms with Crippen molar-refractivity contribution >= 4 is 11.9 Å². The summed E-state index contributed by atoms with van der Waals surface area (Å²) in [6.45, 7) is 4.38. The van der Waals surface area contributed by atoms with Gasteiger partial charge < -0.3 is 10.1 Å². The molecule has 0 radical (unpaired) electrons. The first kappa shape index (κ1) is 20.2. The zero-order valence-electron chi connectivity index (χ0n) is 16.3. The number of nitrogens with one attached hydrogen (secondary N) is 2. The number of carbonyl (C=O) groups excluding carboxylic acids is 2. The average molecular weight is 361 g/mol. The van der Waals surface area contributed by atoms with E-state index in [1.807, 2.05) is 31.0 Å². The van der Waals surface area contributed by atoms with E-state index < -0.39 is 12.1 Å². The van der Waals surface area contributed by atoms with E-state index in [1.165, 1.54) is 6.42 Å². The standard InChI is InChI=1S/C20H31N3O3/c1-14-10-11-18(26-4)16(12-14)13-23(3)15(2)19(24)22-20(25)21-17-8-6-5-7-9-17/h10-12,15,17H,5-9,13H2,1-4H3,(H2,21,22,24,25)/t15-/m1/s1. The Bertz CT molecular complexity index is 627. The van der Waals surface area contributed by atoms with Crippen LogP contribution in [-0.2, 0) is 11.3 Å². The Hall–Kier alpha value is -2.08. The lowest BCUT2D eigenvalue weighted by atomic mass is 9.96. The molecule has 144 valence electrons. The highest BCUT2D eigenvalue weighted by Gasteiger charge is 2.23. The molecule has 1 aliphatic rings. The number of benzene rings is 1. The average Bonchev–Trinajstić information content (AvgIpc) is 2.61. The van der Waals surface area contributed by atoms with Gasteiger partial charge in [0.05, 0.1) is 13.2 Å². The van der Waals surface area contributed by atoms with Crippen molar-refractivity contribution in [2.24, 2.45) is 0 Å². The van der Waals surface area contributed by atoms with E-state index in [1.54, 1.807) is 14.0 Å². The first-order valence-electron chi connectivity index (χ1n) is 9.36. The number of rotatable bonds is 6. The molecule has 2 rings (SSSR count). The lowest BCUT2D eigenvalue weighted by molar-refractivity contribution is -0.124. The lowest BCUT2D eigenvalue weighted by Crippen LogP contribution is -2.50. The van der Waals surface area contributed by atoms with Crippen LogP contribution in [-0.4, -0.2) is 43.1 Å². The molecule has 1 aromatic carbocycles. The largest absolute Gasteiger partial charge is 0.496 e. The normalized spacial score (nSPS) is 16.2. The van der Waals surface area contributed by atoms with Crippen molar-refractivity contribution in [2.75, 3.05) is 14.2 Å². The number of aryl methyl sites for hydroxylation is 1. The summed E-state index contributed by atoms with van der Waals surface area (Å²) in [5.74, 6) is 0.498. The van der Waals surface area contributed by atoms with Crippen molar-refractivity contribution in [1.29, 1.82) is 0 Å². The highest BCUT2D eigenvalue weighted by molar-refractivity contribution is 5.96. The summed E-state index contributed by atoms with van der Waals surface area (Å²) in [6, 6.07) is 5.33. The third-order valence-corrected chi connectivity index (χ3v) is 5.07. The van der Waals surface area contributed by atoms with Gasteiger partial charge in [-0.15, -0.1) is 0 Å². The number of nitrogens with zero attached hydrogens (tertiary/aromatic N) is 1. The second-order valence-corrected chi connectivity index (χ2v) is 7.20. The van der Waals surface area contributed by atoms with Gasteiger partial charge in [0.2, 0.25) is 5.91 Å². The van der Waals surface area contributed by atoms with Crippen LogP contribution in [0.3, 0.4) is 0 Å². The van der Waals surface area contributed by atoms with E-state index in [9.17, 15) is 9.59 Å². The molecular weight excluding hydrogens is 330 g/mol. The van der Waals surface area contributed by atoms with Gasteiger partial charge in [0.25, 0.3) is 0 Å². The molecule has 0 heterocycles. The summed E-state index contributed by atoms with van der Waals surface area (Å²) in [4.78, 5) is 26.4. The predicted octanol–water partition coefficient (Wildman–Crippen LogP) is 2.98. The fraction of sp³-hybridized carbons (Fsp3) is 0.600. The molecule has 0 unspecified atom stereocenters. The molecule has 0 spiro atoms. The Labute approximate surface area is 156 Å². The number of imide groups is 1. The van der Waals surface area contributed by atoms with Crippen molar-refractivity contribution in [3.63, 3.8) is 0 Å². The molecule has 1 fully saturated rings. The van der Waals surface area contributed by atoms with Gasteiger partial charge >= 0.3 is 6.03 Å². The summed E-state index contributed by atoms with van der Waals surface area (Å²) in [6.07, 6.45) is 5.48. The van der Waals surface area contributed by atoms with Crippen LogP contribution in [0.4, 0.5) is 4.79 Å². The molecular formula is C20H31N3O3. The van der Waals surface area contributed by atoms with Crippen LogP contribution in [0, 0.1) is 6.92 Å². The Morgan fingerprint density at radius 3 is 2.62 bits per heavy atom. The van der Waals surface area contributed by atoms with Crippen molar-refractivity contribution in [1.82, 2.24) is 15.5 Å². The Morgan fingerprint density at radius 2 is 1.96 bits per heavy atom. The molecule has 1 aliphatic carbocycles. The molecule has 0 bridgehead atoms. The van der Waals surface area contributed by atoms with Crippen LogP contribution in [0.5, 0.6) is 5.75 Å². The smallest absolute Gasteiger partial charge is 0.321 e. The topological polar surface area (TPSA) is 70.7 Å². The molecule has 1 saturated carbocycles. The monoisotopic (exact) mass is 361 g/mol. The molecule has 6 heteroatoms. The molecule has 0 aromatic heterocycles. The summed E-state index contributed by atoms with van der Waals surface area (Å²) in [5.41, 5.74) is 2.15. The predicted molar refractivity (Wildman–Crippen MR) is 102 cm³/mol. The summed E-state index contributed by atoms with van der Waals surface area (Å²) in [7, 11) is 3.50. The fourth-order valence-electron chi connectivity index (χ4n) is 3.32. The van der Waals surface area contributed by atoms with Gasteiger partial charge in [0.15, 0.2) is 0 Å². The number of ether oxygens (including phenoxy) is 1. The van der Waals surface area contributed by atoms with Gasteiger partial charge in [0.1, 0.15) is 5.75 Å². The van der Waals surface area contributed by atoms with E-state index >= 15 is 0 Å². The van der Waals surface area contributed by atoms with Gasteiger partial charge in [0, 0.05) is 18.2 Å². The van der Waals surface area contributed by atoms with E-state index in [-0.39, 0.29) is 11.9 Å². The quantitative estimate of drug-likeness (QED) is 0.817. The molecule has 26 heavy (non-hydrogen) atoms. The molecule has 3 amide bonds. The summed E-state index contributed by atoms with van der Waals surface area (Å²) >= 11 is 0. The molecule has 1 aromatic rings. The van der Waals surface area contributed by atoms with E-state index in [0.717, 1.165) is 42.6 Å². The molecule has 2 N–H and O–H groups in total. The van der Waals surface area contributed by atoms with Crippen molar-refractivity contribution in [3.05, 3.63) is 29.3 Å². The summed E-state index contributed by atoms with van der Waals surface area (Å²) < 4.78 is 5.40. The number of amides is 3. The first-order valence-corrected chi connectivity index (χ1v) is 9.36. The Balaban J connectivity index is 1.88. The van der Waals surface area contributed by atoms with Gasteiger partial charge in [-0.1, -0.05) is 37.0 Å². The van der Waals surface area contributed by atoms with Gasteiger partial charge in [-0.05, 0) is 39.8 Å². The van der Waals surface area contributed by atoms with Crippen molar-refractivity contribution in [2.45, 2.75) is 64.6 Å². The zero-order valence-corrected chi connectivity index (χ0v) is 16.3. The number of hydrogen-bond donors (Lipinski definition) is 2. The van der Waals surface area contributed by atoms with Crippen LogP contribution in [0.1, 0.15) is 50.2 Å². The molecule has 1 atom stereocenters. The maximum Gasteiger partial charge on any atom is 0.321 e. The minimum atomic E-state index is -0.433. The van der Waals surface area contributed by atoms with Crippen LogP contribution in [0.2, 0.25) is 0 Å². The van der Waals surface area contributed by atoms with Crippen molar-refractivity contribution in [3.8, 4) is 5.75 Å². The minimum absolute atomic E-state index is 0.182. The van der Waals surface area contributed by atoms with Crippen molar-refractivity contribution < 1.29 is 14.3 Å². The molecule has 6 nitrogen and oxygen atoms in total. The summed E-state index contributed by atoms with van der Waals surface area (Å²) in [5, 5.41) is 5.38. The third kappa shape index (κ3) is 5.73. The number of likely N-dealkylation sites (N-methyl/N-ethyl adjacent to an activating group) is 1. The maximum absolute atomic E-state index is 12.4. The van der Waals surface area contributed by atoms with Crippen LogP contribution in [0.15, 0.2) is 18.2 Å². The van der Waals surface area contributed by atoms with Crippen LogP contribution < -0.4 is 15.4 Å². The number of methoxy groups -OCH3 is 1. The Morgan fingerprint density at radius 1 is 1.27 bits per heavy atom. The second-order valence-electron chi connectivity index (χ2n) is 7.20. The number of carbonyl (C=O) groups is 2. The number of urea groups is 1.